The van der Waals surface area contributed by atoms with Gasteiger partial charge in [0.05, 0.1) is 18.8 Å². The van der Waals surface area contributed by atoms with Crippen LogP contribution in [0, 0.1) is 11.8 Å². The fourth-order valence-corrected chi connectivity index (χ4v) is 4.07. The van der Waals surface area contributed by atoms with E-state index in [0.29, 0.717) is 18.3 Å². The molecule has 156 valence electrons. The zero-order chi connectivity index (χ0) is 20.6. The predicted octanol–water partition coefficient (Wildman–Crippen LogP) is 4.21. The van der Waals surface area contributed by atoms with Crippen LogP contribution in [-0.2, 0) is 11.3 Å². The summed E-state index contributed by atoms with van der Waals surface area (Å²) in [6, 6.07) is 14.2. The number of aromatic nitrogens is 1. The first kappa shape index (κ1) is 21.3. The second-order valence-electron chi connectivity index (χ2n) is 8.36. The minimum absolute atomic E-state index is 0.0126. The zero-order valence-corrected chi connectivity index (χ0v) is 17.8. The van der Waals surface area contributed by atoms with Crippen molar-refractivity contribution >= 4 is 5.91 Å². The summed E-state index contributed by atoms with van der Waals surface area (Å²) < 4.78 is 5.34. The highest BCUT2D eigenvalue weighted by Gasteiger charge is 2.29. The van der Waals surface area contributed by atoms with Crippen molar-refractivity contribution in [1.29, 1.82) is 0 Å². The molecule has 1 aromatic carbocycles. The van der Waals surface area contributed by atoms with Crippen molar-refractivity contribution in [1.82, 2.24) is 15.2 Å². The molecule has 1 N–H and O–H groups in total. The Bertz CT molecular complexity index is 771. The molecule has 1 amide bonds. The van der Waals surface area contributed by atoms with Crippen molar-refractivity contribution < 1.29 is 9.53 Å². The molecule has 0 unspecified atom stereocenters. The van der Waals surface area contributed by atoms with Gasteiger partial charge in [-0.25, -0.2) is 0 Å². The van der Waals surface area contributed by atoms with E-state index in [2.05, 4.69) is 41.2 Å². The number of likely N-dealkylation sites (tertiary alicyclic amines) is 1. The Morgan fingerprint density at radius 1 is 1.21 bits per heavy atom. The van der Waals surface area contributed by atoms with Gasteiger partial charge in [0.25, 0.3) is 0 Å². The van der Waals surface area contributed by atoms with E-state index in [-0.39, 0.29) is 11.9 Å². The van der Waals surface area contributed by atoms with Gasteiger partial charge in [-0.1, -0.05) is 32.0 Å². The number of carbonyl (C=O) groups is 1. The lowest BCUT2D eigenvalue weighted by atomic mass is 9.87. The molecule has 1 aliphatic heterocycles. The highest BCUT2D eigenvalue weighted by atomic mass is 16.5. The first-order chi connectivity index (χ1) is 14.0. The van der Waals surface area contributed by atoms with Gasteiger partial charge in [0.2, 0.25) is 5.91 Å². The maximum atomic E-state index is 12.5. The van der Waals surface area contributed by atoms with Crippen LogP contribution >= 0.6 is 0 Å². The summed E-state index contributed by atoms with van der Waals surface area (Å²) in [6.45, 7) is 7.12. The molecule has 1 fully saturated rings. The van der Waals surface area contributed by atoms with Crippen LogP contribution in [0.5, 0.6) is 5.75 Å². The van der Waals surface area contributed by atoms with Crippen molar-refractivity contribution in [2.75, 3.05) is 20.2 Å². The number of rotatable bonds is 8. The molecule has 0 bridgehead atoms. The van der Waals surface area contributed by atoms with Crippen molar-refractivity contribution in [3.63, 3.8) is 0 Å². The normalized spacial score (nSPS) is 16.6. The standard InChI is InChI=1S/C24H33N3O2/c1-18(2)15-23(28)26-24(22-9-4-5-12-25-22)20-10-13-27(14-11-20)17-19-7-6-8-21(16-19)29-3/h4-9,12,16,18,20,24H,10-11,13-15,17H2,1-3H3,(H,26,28)/t24-/m0/s1. The summed E-state index contributed by atoms with van der Waals surface area (Å²) in [7, 11) is 1.70. The van der Waals surface area contributed by atoms with Gasteiger partial charge in [-0.2, -0.15) is 0 Å². The molecule has 2 heterocycles. The Labute approximate surface area is 174 Å². The maximum Gasteiger partial charge on any atom is 0.220 e. The van der Waals surface area contributed by atoms with E-state index in [1.54, 1.807) is 7.11 Å². The summed E-state index contributed by atoms with van der Waals surface area (Å²) in [6.07, 6.45) is 4.47. The fourth-order valence-electron chi connectivity index (χ4n) is 4.07. The van der Waals surface area contributed by atoms with Crippen LogP contribution in [0.4, 0.5) is 0 Å². The molecule has 1 aromatic heterocycles. The summed E-state index contributed by atoms with van der Waals surface area (Å²) >= 11 is 0. The van der Waals surface area contributed by atoms with Gasteiger partial charge in [0, 0.05) is 19.2 Å². The van der Waals surface area contributed by atoms with Crippen LogP contribution in [0.2, 0.25) is 0 Å². The largest absolute Gasteiger partial charge is 0.497 e. The molecule has 5 heteroatoms. The van der Waals surface area contributed by atoms with Crippen molar-refractivity contribution in [3.8, 4) is 5.75 Å². The number of hydrogen-bond acceptors (Lipinski definition) is 4. The third-order valence-corrected chi connectivity index (χ3v) is 5.56. The van der Waals surface area contributed by atoms with E-state index < -0.39 is 0 Å². The number of carbonyl (C=O) groups excluding carboxylic acids is 1. The van der Waals surface area contributed by atoms with Crippen LogP contribution in [0.1, 0.15) is 50.4 Å². The van der Waals surface area contributed by atoms with Gasteiger partial charge in [0.15, 0.2) is 0 Å². The molecule has 0 saturated carbocycles. The van der Waals surface area contributed by atoms with Crippen LogP contribution in [0.15, 0.2) is 48.7 Å². The summed E-state index contributed by atoms with van der Waals surface area (Å²) in [5.74, 6) is 1.78. The lowest BCUT2D eigenvalue weighted by molar-refractivity contribution is -0.123. The van der Waals surface area contributed by atoms with E-state index in [1.165, 1.54) is 5.56 Å². The van der Waals surface area contributed by atoms with E-state index >= 15 is 0 Å². The molecule has 1 aliphatic rings. The molecule has 0 aliphatic carbocycles. The van der Waals surface area contributed by atoms with Crippen molar-refractivity contribution in [2.45, 2.75) is 45.7 Å². The smallest absolute Gasteiger partial charge is 0.220 e. The minimum atomic E-state index is -0.0126. The van der Waals surface area contributed by atoms with E-state index in [1.807, 2.05) is 36.5 Å². The van der Waals surface area contributed by atoms with E-state index in [4.69, 9.17) is 4.74 Å². The average Bonchev–Trinajstić information content (AvgIpc) is 2.73. The van der Waals surface area contributed by atoms with Crippen LogP contribution < -0.4 is 10.1 Å². The van der Waals surface area contributed by atoms with Crippen molar-refractivity contribution in [2.24, 2.45) is 11.8 Å². The topological polar surface area (TPSA) is 54.5 Å². The highest BCUT2D eigenvalue weighted by Crippen LogP contribution is 2.31. The molecule has 2 aromatic rings. The predicted molar refractivity (Wildman–Crippen MR) is 116 cm³/mol. The number of pyridine rings is 1. The third-order valence-electron chi connectivity index (χ3n) is 5.56. The molecule has 29 heavy (non-hydrogen) atoms. The Morgan fingerprint density at radius 3 is 2.66 bits per heavy atom. The zero-order valence-electron chi connectivity index (χ0n) is 17.8. The first-order valence-corrected chi connectivity index (χ1v) is 10.6. The number of nitrogens with zero attached hydrogens (tertiary/aromatic N) is 2. The molecule has 5 nitrogen and oxygen atoms in total. The molecular weight excluding hydrogens is 362 g/mol. The lowest BCUT2D eigenvalue weighted by Crippen LogP contribution is -2.41. The van der Waals surface area contributed by atoms with Gasteiger partial charge < -0.3 is 10.1 Å². The summed E-state index contributed by atoms with van der Waals surface area (Å²) in [4.78, 5) is 19.5. The van der Waals surface area contributed by atoms with E-state index in [0.717, 1.165) is 43.9 Å². The Balaban J connectivity index is 1.62. The van der Waals surface area contributed by atoms with Gasteiger partial charge in [-0.3, -0.25) is 14.7 Å². The summed E-state index contributed by atoms with van der Waals surface area (Å²) in [5, 5.41) is 3.28. The average molecular weight is 396 g/mol. The number of benzene rings is 1. The van der Waals surface area contributed by atoms with Gasteiger partial charge >= 0.3 is 0 Å². The molecule has 0 spiro atoms. The number of hydrogen-bond donors (Lipinski definition) is 1. The molecule has 1 atom stereocenters. The number of amides is 1. The summed E-state index contributed by atoms with van der Waals surface area (Å²) in [5.41, 5.74) is 2.24. The number of methoxy groups -OCH3 is 1. The number of ether oxygens (including phenoxy) is 1. The highest BCUT2D eigenvalue weighted by molar-refractivity contribution is 5.76. The SMILES string of the molecule is COc1cccc(CN2CCC([C@H](NC(=O)CC(C)C)c3ccccn3)CC2)c1. The monoisotopic (exact) mass is 395 g/mol. The molecular formula is C24H33N3O2. The molecule has 1 saturated heterocycles. The maximum absolute atomic E-state index is 12.5. The Kier molecular flexibility index (Phi) is 7.64. The number of nitrogens with one attached hydrogen (secondary N) is 1. The minimum Gasteiger partial charge on any atom is -0.497 e. The first-order valence-electron chi connectivity index (χ1n) is 10.6. The quantitative estimate of drug-likeness (QED) is 0.728. The second kappa shape index (κ2) is 10.4. The van der Waals surface area contributed by atoms with Gasteiger partial charge in [-0.05, 0) is 67.6 Å². The van der Waals surface area contributed by atoms with Crippen LogP contribution in [-0.4, -0.2) is 36.0 Å². The van der Waals surface area contributed by atoms with E-state index in [9.17, 15) is 4.79 Å². The third kappa shape index (κ3) is 6.29. The lowest BCUT2D eigenvalue weighted by Gasteiger charge is -2.36. The van der Waals surface area contributed by atoms with Gasteiger partial charge in [0.1, 0.15) is 5.75 Å². The van der Waals surface area contributed by atoms with Crippen LogP contribution in [0.3, 0.4) is 0 Å². The van der Waals surface area contributed by atoms with Crippen molar-refractivity contribution in [3.05, 3.63) is 59.9 Å². The molecule has 0 radical (unpaired) electrons. The Morgan fingerprint density at radius 2 is 2.00 bits per heavy atom. The fraction of sp³-hybridized carbons (Fsp3) is 0.500. The second-order valence-corrected chi connectivity index (χ2v) is 8.36. The molecule has 3 rings (SSSR count). The van der Waals surface area contributed by atoms with Crippen LogP contribution in [0.25, 0.3) is 0 Å². The Hall–Kier alpha value is -2.40. The number of piperidine rings is 1. The van der Waals surface area contributed by atoms with Gasteiger partial charge in [-0.15, -0.1) is 0 Å².